The van der Waals surface area contributed by atoms with Crippen molar-refractivity contribution >= 4 is 22.7 Å². The van der Waals surface area contributed by atoms with Crippen LogP contribution in [0.4, 0.5) is 0 Å². The van der Waals surface area contributed by atoms with Crippen molar-refractivity contribution in [3.63, 3.8) is 0 Å². The van der Waals surface area contributed by atoms with Crippen molar-refractivity contribution < 1.29 is 18.7 Å². The Labute approximate surface area is 104 Å². The first-order valence-electron chi connectivity index (χ1n) is 5.46. The lowest BCUT2D eigenvalue weighted by Gasteiger charge is -2.07. The minimum atomic E-state index is -0.948. The third-order valence-corrected chi connectivity index (χ3v) is 2.69. The van der Waals surface area contributed by atoms with Crippen LogP contribution in [0, 0.1) is 0 Å². The van der Waals surface area contributed by atoms with Gasteiger partial charge in [-0.3, -0.25) is 9.59 Å². The standard InChI is InChI=1S/C13H13NO4/c1-17-13(16)10(14)6-11(15)9-7-18-12-5-3-2-4-8(9)12/h2-5,7,10H,6,14H2,1H3. The van der Waals surface area contributed by atoms with Crippen LogP contribution >= 0.6 is 0 Å². The van der Waals surface area contributed by atoms with Gasteiger partial charge in [-0.25, -0.2) is 0 Å². The van der Waals surface area contributed by atoms with Crippen LogP contribution in [-0.4, -0.2) is 24.9 Å². The predicted octanol–water partition coefficient (Wildman–Crippen LogP) is 1.51. The molecule has 1 aromatic heterocycles. The lowest BCUT2D eigenvalue weighted by atomic mass is 10.0. The topological polar surface area (TPSA) is 82.5 Å². The van der Waals surface area contributed by atoms with Gasteiger partial charge in [-0.05, 0) is 6.07 Å². The van der Waals surface area contributed by atoms with Crippen LogP contribution in [0.25, 0.3) is 11.0 Å². The second-order valence-electron chi connectivity index (χ2n) is 3.90. The zero-order valence-corrected chi connectivity index (χ0v) is 9.88. The van der Waals surface area contributed by atoms with Gasteiger partial charge in [-0.15, -0.1) is 0 Å². The van der Waals surface area contributed by atoms with E-state index in [-0.39, 0.29) is 12.2 Å². The van der Waals surface area contributed by atoms with Crippen LogP contribution in [-0.2, 0) is 9.53 Å². The molecule has 18 heavy (non-hydrogen) atoms. The predicted molar refractivity (Wildman–Crippen MR) is 65.2 cm³/mol. The van der Waals surface area contributed by atoms with Crippen LogP contribution in [0.1, 0.15) is 16.8 Å². The number of para-hydroxylation sites is 1. The Morgan fingerprint density at radius 2 is 2.11 bits per heavy atom. The van der Waals surface area contributed by atoms with Crippen LogP contribution in [0.3, 0.4) is 0 Å². The molecule has 1 aromatic carbocycles. The summed E-state index contributed by atoms with van der Waals surface area (Å²) in [7, 11) is 1.24. The van der Waals surface area contributed by atoms with E-state index in [0.717, 1.165) is 5.39 Å². The van der Waals surface area contributed by atoms with Crippen LogP contribution in [0.2, 0.25) is 0 Å². The fraction of sp³-hybridized carbons (Fsp3) is 0.231. The van der Waals surface area contributed by atoms with Gasteiger partial charge in [-0.2, -0.15) is 0 Å². The van der Waals surface area contributed by atoms with E-state index in [4.69, 9.17) is 10.2 Å². The van der Waals surface area contributed by atoms with E-state index in [0.29, 0.717) is 11.1 Å². The van der Waals surface area contributed by atoms with Crippen molar-refractivity contribution in [2.24, 2.45) is 5.73 Å². The van der Waals surface area contributed by atoms with Gasteiger partial charge in [0.25, 0.3) is 0 Å². The highest BCUT2D eigenvalue weighted by molar-refractivity contribution is 6.08. The van der Waals surface area contributed by atoms with Gasteiger partial charge in [0.15, 0.2) is 5.78 Å². The fourth-order valence-corrected chi connectivity index (χ4v) is 1.74. The average Bonchev–Trinajstić information content (AvgIpc) is 2.81. The molecule has 0 saturated carbocycles. The number of ether oxygens (including phenoxy) is 1. The average molecular weight is 247 g/mol. The maximum atomic E-state index is 12.0. The molecule has 0 fully saturated rings. The largest absolute Gasteiger partial charge is 0.468 e. The number of benzene rings is 1. The molecular weight excluding hydrogens is 234 g/mol. The minimum absolute atomic E-state index is 0.101. The van der Waals surface area contributed by atoms with Crippen molar-refractivity contribution in [2.45, 2.75) is 12.5 Å². The molecule has 0 radical (unpaired) electrons. The highest BCUT2D eigenvalue weighted by atomic mass is 16.5. The number of nitrogens with two attached hydrogens (primary N) is 1. The smallest absolute Gasteiger partial charge is 0.323 e. The number of Topliss-reactive ketones (excluding diaryl/α,β-unsaturated/α-hetero) is 1. The molecule has 0 aliphatic carbocycles. The molecule has 2 rings (SSSR count). The number of hydrogen-bond acceptors (Lipinski definition) is 5. The first kappa shape index (κ1) is 12.3. The lowest BCUT2D eigenvalue weighted by Crippen LogP contribution is -2.33. The number of hydrogen-bond donors (Lipinski definition) is 1. The molecule has 0 aliphatic heterocycles. The van der Waals surface area contributed by atoms with Crippen molar-refractivity contribution in [2.75, 3.05) is 7.11 Å². The quantitative estimate of drug-likeness (QED) is 0.654. The Hall–Kier alpha value is -2.14. The summed E-state index contributed by atoms with van der Waals surface area (Å²) in [6.45, 7) is 0. The summed E-state index contributed by atoms with van der Waals surface area (Å²) in [5.74, 6) is -0.839. The zero-order valence-electron chi connectivity index (χ0n) is 9.88. The summed E-state index contributed by atoms with van der Waals surface area (Å²) in [5, 5.41) is 0.722. The Bertz CT molecular complexity index is 587. The van der Waals surface area contributed by atoms with Crippen molar-refractivity contribution in [1.82, 2.24) is 0 Å². The Morgan fingerprint density at radius 1 is 1.39 bits per heavy atom. The Kier molecular flexibility index (Phi) is 3.43. The van der Waals surface area contributed by atoms with E-state index < -0.39 is 12.0 Å². The number of ketones is 1. The summed E-state index contributed by atoms with van der Waals surface area (Å²) >= 11 is 0. The molecule has 1 atom stereocenters. The number of rotatable bonds is 4. The van der Waals surface area contributed by atoms with Crippen LogP contribution in [0.5, 0.6) is 0 Å². The van der Waals surface area contributed by atoms with Crippen molar-refractivity contribution in [3.8, 4) is 0 Å². The Morgan fingerprint density at radius 3 is 2.83 bits per heavy atom. The van der Waals surface area contributed by atoms with E-state index in [1.165, 1.54) is 13.4 Å². The van der Waals surface area contributed by atoms with Gasteiger partial charge < -0.3 is 14.9 Å². The van der Waals surface area contributed by atoms with E-state index in [1.807, 2.05) is 12.1 Å². The SMILES string of the molecule is COC(=O)C(N)CC(=O)c1coc2ccccc12. The van der Waals surface area contributed by atoms with E-state index in [2.05, 4.69) is 4.74 Å². The molecule has 1 unspecified atom stereocenters. The molecule has 2 N–H and O–H groups in total. The second kappa shape index (κ2) is 5.01. The third-order valence-electron chi connectivity index (χ3n) is 2.69. The molecule has 0 amide bonds. The third kappa shape index (κ3) is 2.26. The summed E-state index contributed by atoms with van der Waals surface area (Å²) in [6, 6.07) is 6.24. The van der Waals surface area contributed by atoms with E-state index >= 15 is 0 Å². The van der Waals surface area contributed by atoms with Crippen molar-refractivity contribution in [1.29, 1.82) is 0 Å². The molecule has 0 aliphatic rings. The molecule has 0 spiro atoms. The molecule has 2 aromatic rings. The molecule has 5 heteroatoms. The highest BCUT2D eigenvalue weighted by Crippen LogP contribution is 2.22. The first-order valence-corrected chi connectivity index (χ1v) is 5.46. The number of carbonyl (C=O) groups excluding carboxylic acids is 2. The lowest BCUT2D eigenvalue weighted by molar-refractivity contribution is -0.142. The summed E-state index contributed by atoms with van der Waals surface area (Å²) in [6.07, 6.45) is 1.28. The summed E-state index contributed by atoms with van der Waals surface area (Å²) in [5.41, 5.74) is 6.62. The number of fused-ring (bicyclic) bond motifs is 1. The number of esters is 1. The van der Waals surface area contributed by atoms with Gasteiger partial charge in [-0.1, -0.05) is 18.2 Å². The van der Waals surface area contributed by atoms with Gasteiger partial charge >= 0.3 is 5.97 Å². The zero-order chi connectivity index (χ0) is 13.1. The highest BCUT2D eigenvalue weighted by Gasteiger charge is 2.21. The van der Waals surface area contributed by atoms with Gasteiger partial charge in [0.05, 0.1) is 12.7 Å². The normalized spacial score (nSPS) is 12.3. The van der Waals surface area contributed by atoms with Crippen LogP contribution < -0.4 is 5.73 Å². The molecule has 0 bridgehead atoms. The van der Waals surface area contributed by atoms with Crippen molar-refractivity contribution in [3.05, 3.63) is 36.1 Å². The van der Waals surface area contributed by atoms with Gasteiger partial charge in [0, 0.05) is 11.8 Å². The molecule has 5 nitrogen and oxygen atoms in total. The monoisotopic (exact) mass is 247 g/mol. The summed E-state index contributed by atoms with van der Waals surface area (Å²) < 4.78 is 9.74. The minimum Gasteiger partial charge on any atom is -0.468 e. The molecule has 0 saturated heterocycles. The number of carbonyl (C=O) groups is 2. The molecule has 1 heterocycles. The summed E-state index contributed by atoms with van der Waals surface area (Å²) in [4.78, 5) is 23.2. The second-order valence-corrected chi connectivity index (χ2v) is 3.90. The Balaban J connectivity index is 2.21. The van der Waals surface area contributed by atoms with E-state index in [9.17, 15) is 9.59 Å². The fourth-order valence-electron chi connectivity index (χ4n) is 1.74. The molecule has 94 valence electrons. The molecular formula is C13H13NO4. The maximum absolute atomic E-state index is 12.0. The first-order chi connectivity index (χ1) is 8.63. The number of methoxy groups -OCH3 is 1. The van der Waals surface area contributed by atoms with Gasteiger partial charge in [0.1, 0.15) is 17.9 Å². The van der Waals surface area contributed by atoms with Gasteiger partial charge in [0.2, 0.25) is 0 Å². The van der Waals surface area contributed by atoms with E-state index in [1.54, 1.807) is 12.1 Å². The van der Waals surface area contributed by atoms with Crippen LogP contribution in [0.15, 0.2) is 34.9 Å². The maximum Gasteiger partial charge on any atom is 0.323 e. The number of furan rings is 1.